The Labute approximate surface area is 149 Å². The van der Waals surface area contributed by atoms with Crippen molar-refractivity contribution in [3.8, 4) is 0 Å². The predicted octanol–water partition coefficient (Wildman–Crippen LogP) is 5.22. The van der Waals surface area contributed by atoms with E-state index < -0.39 is 0 Å². The first-order chi connectivity index (χ1) is 11.6. The van der Waals surface area contributed by atoms with Gasteiger partial charge in [-0.15, -0.1) is 11.8 Å². The van der Waals surface area contributed by atoms with Gasteiger partial charge in [0.1, 0.15) is 0 Å². The van der Waals surface area contributed by atoms with Crippen LogP contribution in [0.1, 0.15) is 46.3 Å². The Morgan fingerprint density at radius 2 is 1.83 bits per heavy atom. The minimum atomic E-state index is 0.188. The van der Waals surface area contributed by atoms with Crippen molar-refractivity contribution in [2.75, 3.05) is 13.1 Å². The molecule has 1 fully saturated rings. The van der Waals surface area contributed by atoms with E-state index in [1.807, 2.05) is 28.8 Å². The summed E-state index contributed by atoms with van der Waals surface area (Å²) in [5, 5.41) is 0. The predicted molar refractivity (Wildman–Crippen MR) is 102 cm³/mol. The minimum absolute atomic E-state index is 0.188. The topological polar surface area (TPSA) is 20.3 Å². The van der Waals surface area contributed by atoms with Crippen molar-refractivity contribution >= 4 is 17.7 Å². The van der Waals surface area contributed by atoms with Crippen molar-refractivity contribution in [1.29, 1.82) is 0 Å². The zero-order valence-electron chi connectivity index (χ0n) is 14.5. The number of hydrogen-bond acceptors (Lipinski definition) is 2. The maximum Gasteiger partial charge on any atom is 0.253 e. The molecular formula is C21H25NOS. The smallest absolute Gasteiger partial charge is 0.253 e. The lowest BCUT2D eigenvalue weighted by atomic mass is 10.1. The van der Waals surface area contributed by atoms with Gasteiger partial charge in [-0.25, -0.2) is 0 Å². The van der Waals surface area contributed by atoms with Gasteiger partial charge in [-0.2, -0.15) is 0 Å². The molecule has 0 saturated carbocycles. The highest BCUT2D eigenvalue weighted by atomic mass is 32.2. The van der Waals surface area contributed by atoms with Crippen molar-refractivity contribution in [3.63, 3.8) is 0 Å². The molecule has 0 aromatic heterocycles. The normalized spacial score (nSPS) is 14.7. The number of benzene rings is 2. The van der Waals surface area contributed by atoms with Crippen molar-refractivity contribution < 1.29 is 4.79 Å². The summed E-state index contributed by atoms with van der Waals surface area (Å²) < 4.78 is 0. The van der Waals surface area contributed by atoms with Crippen molar-refractivity contribution in [2.24, 2.45) is 0 Å². The molecule has 0 N–H and O–H groups in total. The number of nitrogens with zero attached hydrogens (tertiary/aromatic N) is 1. The summed E-state index contributed by atoms with van der Waals surface area (Å²) in [6, 6.07) is 14.7. The second-order valence-corrected chi connectivity index (χ2v) is 7.63. The van der Waals surface area contributed by atoms with Gasteiger partial charge in [0.25, 0.3) is 5.91 Å². The van der Waals surface area contributed by atoms with Gasteiger partial charge in [-0.05, 0) is 62.4 Å². The summed E-state index contributed by atoms with van der Waals surface area (Å²) in [6.45, 7) is 6.09. The lowest BCUT2D eigenvalue weighted by molar-refractivity contribution is 0.0724. The molecule has 0 atom stereocenters. The molecule has 1 heterocycles. The highest BCUT2D eigenvalue weighted by molar-refractivity contribution is 7.98. The summed E-state index contributed by atoms with van der Waals surface area (Å²) in [5.41, 5.74) is 4.66. The second kappa shape index (κ2) is 7.89. The quantitative estimate of drug-likeness (QED) is 0.712. The summed E-state index contributed by atoms with van der Waals surface area (Å²) in [4.78, 5) is 16.0. The van der Waals surface area contributed by atoms with E-state index in [9.17, 15) is 4.79 Å². The zero-order valence-corrected chi connectivity index (χ0v) is 15.4. The fourth-order valence-corrected chi connectivity index (χ4v) is 4.15. The van der Waals surface area contributed by atoms with Crippen molar-refractivity contribution in [1.82, 2.24) is 4.90 Å². The second-order valence-electron chi connectivity index (χ2n) is 6.61. The largest absolute Gasteiger partial charge is 0.339 e. The minimum Gasteiger partial charge on any atom is -0.339 e. The highest BCUT2D eigenvalue weighted by Crippen LogP contribution is 2.27. The monoisotopic (exact) mass is 339 g/mol. The molecule has 0 aliphatic carbocycles. The average molecular weight is 340 g/mol. The number of hydrogen-bond donors (Lipinski definition) is 0. The van der Waals surface area contributed by atoms with E-state index in [0.29, 0.717) is 0 Å². The molecule has 0 spiro atoms. The van der Waals surface area contributed by atoms with Gasteiger partial charge in [0.05, 0.1) is 0 Å². The first kappa shape index (κ1) is 17.1. The Morgan fingerprint density at radius 1 is 1.04 bits per heavy atom. The molecule has 2 aromatic carbocycles. The molecule has 1 aliphatic rings. The van der Waals surface area contributed by atoms with Gasteiger partial charge >= 0.3 is 0 Å². The fourth-order valence-electron chi connectivity index (χ4n) is 3.20. The Morgan fingerprint density at radius 3 is 2.58 bits per heavy atom. The first-order valence-electron chi connectivity index (χ1n) is 8.72. The van der Waals surface area contributed by atoms with E-state index in [1.54, 1.807) is 0 Å². The molecular weight excluding hydrogens is 314 g/mol. The molecule has 0 unspecified atom stereocenters. The lowest BCUT2D eigenvalue weighted by Gasteiger charge is -2.26. The third-order valence-corrected chi connectivity index (χ3v) is 5.79. The van der Waals surface area contributed by atoms with Crippen LogP contribution in [0.15, 0.2) is 47.4 Å². The van der Waals surface area contributed by atoms with Gasteiger partial charge in [0, 0.05) is 29.3 Å². The Balaban J connectivity index is 1.67. The first-order valence-corrected chi connectivity index (χ1v) is 9.70. The van der Waals surface area contributed by atoms with Gasteiger partial charge in [-0.3, -0.25) is 4.79 Å². The van der Waals surface area contributed by atoms with Crippen LogP contribution in [0.2, 0.25) is 0 Å². The van der Waals surface area contributed by atoms with Crippen molar-refractivity contribution in [2.45, 2.75) is 43.8 Å². The van der Waals surface area contributed by atoms with Gasteiger partial charge < -0.3 is 4.90 Å². The average Bonchev–Trinajstić information content (AvgIpc) is 2.61. The van der Waals surface area contributed by atoms with E-state index >= 15 is 0 Å². The molecule has 2 aromatic rings. The number of piperidine rings is 1. The molecule has 0 radical (unpaired) electrons. The molecule has 1 saturated heterocycles. The number of thioether (sulfide) groups is 1. The number of carbonyl (C=O) groups excluding carboxylic acids is 1. The van der Waals surface area contributed by atoms with Crippen molar-refractivity contribution in [3.05, 3.63) is 64.7 Å². The number of amides is 1. The van der Waals surface area contributed by atoms with Crippen LogP contribution in [-0.2, 0) is 5.75 Å². The van der Waals surface area contributed by atoms with E-state index in [2.05, 4.69) is 44.2 Å². The van der Waals surface area contributed by atoms with E-state index in [0.717, 1.165) is 37.2 Å². The fraction of sp³-hybridized carbons (Fsp3) is 0.381. The van der Waals surface area contributed by atoms with E-state index in [1.165, 1.54) is 28.0 Å². The van der Waals surface area contributed by atoms with Gasteiger partial charge in [0.15, 0.2) is 0 Å². The third kappa shape index (κ3) is 4.21. The van der Waals surface area contributed by atoms with Gasteiger partial charge in [0.2, 0.25) is 0 Å². The molecule has 24 heavy (non-hydrogen) atoms. The van der Waals surface area contributed by atoms with E-state index in [-0.39, 0.29) is 5.91 Å². The molecule has 1 aliphatic heterocycles. The molecule has 2 nitrogen and oxygen atoms in total. The number of carbonyl (C=O) groups is 1. The Bertz CT molecular complexity index is 720. The summed E-state index contributed by atoms with van der Waals surface area (Å²) in [5.74, 6) is 1.08. The van der Waals surface area contributed by atoms with Crippen LogP contribution in [-0.4, -0.2) is 23.9 Å². The zero-order chi connectivity index (χ0) is 16.9. The van der Waals surface area contributed by atoms with Crippen LogP contribution in [0.3, 0.4) is 0 Å². The molecule has 126 valence electrons. The van der Waals surface area contributed by atoms with Crippen LogP contribution >= 0.6 is 11.8 Å². The Kier molecular flexibility index (Phi) is 5.62. The highest BCUT2D eigenvalue weighted by Gasteiger charge is 2.18. The van der Waals surface area contributed by atoms with Crippen LogP contribution < -0.4 is 0 Å². The number of aryl methyl sites for hydroxylation is 2. The van der Waals surface area contributed by atoms with Crippen LogP contribution in [0.5, 0.6) is 0 Å². The summed E-state index contributed by atoms with van der Waals surface area (Å²) in [7, 11) is 0. The van der Waals surface area contributed by atoms with Crippen LogP contribution in [0.25, 0.3) is 0 Å². The number of rotatable bonds is 4. The standard InChI is InChI=1S/C21H25NOS/c1-16-9-10-20(17(2)13-16)24-15-18-7-6-8-19(14-18)21(23)22-11-4-3-5-12-22/h6-10,13-14H,3-5,11-12,15H2,1-2H3. The molecule has 0 bridgehead atoms. The van der Waals surface area contributed by atoms with E-state index in [4.69, 9.17) is 0 Å². The summed E-state index contributed by atoms with van der Waals surface area (Å²) >= 11 is 1.84. The number of likely N-dealkylation sites (tertiary alicyclic amines) is 1. The van der Waals surface area contributed by atoms with Gasteiger partial charge in [-0.1, -0.05) is 29.8 Å². The summed E-state index contributed by atoms with van der Waals surface area (Å²) in [6.07, 6.45) is 3.51. The Hall–Kier alpha value is -1.74. The van der Waals surface area contributed by atoms with Crippen LogP contribution in [0.4, 0.5) is 0 Å². The maximum atomic E-state index is 12.6. The lowest BCUT2D eigenvalue weighted by Crippen LogP contribution is -2.35. The SMILES string of the molecule is Cc1ccc(SCc2cccc(C(=O)N3CCCCC3)c2)c(C)c1. The molecule has 3 heteroatoms. The molecule has 3 rings (SSSR count). The van der Waals surface area contributed by atoms with Crippen LogP contribution in [0, 0.1) is 13.8 Å². The maximum absolute atomic E-state index is 12.6. The molecule has 1 amide bonds. The third-order valence-electron chi connectivity index (χ3n) is 4.54.